The monoisotopic (exact) mass is 193 g/mol. The number of nitrogens with one attached hydrogen (secondary N) is 1. The lowest BCUT2D eigenvalue weighted by atomic mass is 10.2. The fourth-order valence-electron chi connectivity index (χ4n) is 1.31. The number of carbonyl (C=O) groups is 1. The topological polar surface area (TPSA) is 47.6 Å². The molecule has 0 aromatic heterocycles. The van der Waals surface area contributed by atoms with Gasteiger partial charge in [0.25, 0.3) is 0 Å². The van der Waals surface area contributed by atoms with E-state index in [0.717, 1.165) is 23.5 Å². The van der Waals surface area contributed by atoms with Crippen LogP contribution in [0.15, 0.2) is 18.2 Å². The van der Waals surface area contributed by atoms with E-state index in [0.29, 0.717) is 19.8 Å². The summed E-state index contributed by atoms with van der Waals surface area (Å²) in [5.74, 6) is 1.49. The van der Waals surface area contributed by atoms with Crippen LogP contribution in [0.2, 0.25) is 0 Å². The zero-order valence-electron chi connectivity index (χ0n) is 7.66. The van der Waals surface area contributed by atoms with Crippen LogP contribution in [0.5, 0.6) is 11.5 Å². The molecule has 0 spiro atoms. The summed E-state index contributed by atoms with van der Waals surface area (Å²) >= 11 is 0. The lowest BCUT2D eigenvalue weighted by molar-refractivity contribution is -0.106. The Morgan fingerprint density at radius 3 is 2.86 bits per heavy atom. The van der Waals surface area contributed by atoms with Crippen LogP contribution in [0, 0.1) is 0 Å². The fraction of sp³-hybridized carbons (Fsp3) is 0.300. The third kappa shape index (κ3) is 1.79. The summed E-state index contributed by atoms with van der Waals surface area (Å²) in [6.45, 7) is 1.47. The van der Waals surface area contributed by atoms with Gasteiger partial charge >= 0.3 is 0 Å². The molecule has 0 saturated carbocycles. The van der Waals surface area contributed by atoms with Gasteiger partial charge in [-0.15, -0.1) is 0 Å². The van der Waals surface area contributed by atoms with Crippen LogP contribution >= 0.6 is 0 Å². The number of carbonyl (C=O) groups excluding carboxylic acids is 1. The molecule has 1 N–H and O–H groups in total. The first-order chi connectivity index (χ1) is 6.90. The fourth-order valence-corrected chi connectivity index (χ4v) is 1.31. The summed E-state index contributed by atoms with van der Waals surface area (Å²) in [5, 5.41) is 2.94. The average Bonchev–Trinajstić information content (AvgIpc) is 2.26. The Kier molecular flexibility index (Phi) is 2.53. The van der Waals surface area contributed by atoms with Gasteiger partial charge in [0.2, 0.25) is 0 Å². The van der Waals surface area contributed by atoms with Gasteiger partial charge in [-0.1, -0.05) is 0 Å². The molecule has 4 heteroatoms. The highest BCUT2D eigenvalue weighted by Crippen LogP contribution is 2.32. The third-order valence-electron chi connectivity index (χ3n) is 1.93. The molecule has 1 heterocycles. The minimum absolute atomic E-state index is 0.305. The molecule has 0 atom stereocenters. The lowest BCUT2D eigenvalue weighted by Gasteiger charge is -2.18. The Hall–Kier alpha value is -1.71. The van der Waals surface area contributed by atoms with Crippen molar-refractivity contribution in [2.45, 2.75) is 0 Å². The largest absolute Gasteiger partial charge is 0.486 e. The van der Waals surface area contributed by atoms with Gasteiger partial charge in [-0.2, -0.15) is 0 Å². The van der Waals surface area contributed by atoms with Crippen LogP contribution < -0.4 is 14.8 Å². The SMILES string of the molecule is O=CCNc1ccc2c(c1)OCCO2. The second-order valence-corrected chi connectivity index (χ2v) is 2.91. The van der Waals surface area contributed by atoms with Gasteiger partial charge in [0.1, 0.15) is 19.5 Å². The van der Waals surface area contributed by atoms with Crippen LogP contribution in [0.25, 0.3) is 0 Å². The standard InChI is InChI=1S/C10H11NO3/c12-4-3-11-8-1-2-9-10(7-8)14-6-5-13-9/h1-2,4,7,11H,3,5-6H2. The van der Waals surface area contributed by atoms with Crippen molar-refractivity contribution in [3.8, 4) is 11.5 Å². The van der Waals surface area contributed by atoms with E-state index in [2.05, 4.69) is 5.32 Å². The number of rotatable bonds is 3. The zero-order valence-corrected chi connectivity index (χ0v) is 7.66. The molecule has 0 fully saturated rings. The first-order valence-electron chi connectivity index (χ1n) is 4.47. The van der Waals surface area contributed by atoms with Crippen molar-refractivity contribution in [2.24, 2.45) is 0 Å². The first kappa shape index (κ1) is 8.87. The Balaban J connectivity index is 2.16. The molecule has 1 aromatic rings. The van der Waals surface area contributed by atoms with Crippen LogP contribution in [0.4, 0.5) is 5.69 Å². The average molecular weight is 193 g/mol. The minimum atomic E-state index is 0.305. The lowest BCUT2D eigenvalue weighted by Crippen LogP contribution is -2.15. The molecule has 0 unspecified atom stereocenters. The predicted molar refractivity (Wildman–Crippen MR) is 52.0 cm³/mol. The number of aldehydes is 1. The summed E-state index contributed by atoms with van der Waals surface area (Å²) in [7, 11) is 0. The maximum absolute atomic E-state index is 10.1. The number of fused-ring (bicyclic) bond motifs is 1. The summed E-state index contributed by atoms with van der Waals surface area (Å²) in [6.07, 6.45) is 0.816. The molecule has 2 rings (SSSR count). The summed E-state index contributed by atoms with van der Waals surface area (Å²) in [5.41, 5.74) is 0.862. The first-order valence-corrected chi connectivity index (χ1v) is 4.47. The second-order valence-electron chi connectivity index (χ2n) is 2.91. The minimum Gasteiger partial charge on any atom is -0.486 e. The highest BCUT2D eigenvalue weighted by molar-refractivity contribution is 5.62. The van der Waals surface area contributed by atoms with E-state index in [1.807, 2.05) is 18.2 Å². The number of anilines is 1. The van der Waals surface area contributed by atoms with Crippen LogP contribution in [-0.2, 0) is 4.79 Å². The van der Waals surface area contributed by atoms with E-state index in [1.54, 1.807) is 0 Å². The normalized spacial score (nSPS) is 13.4. The molecule has 1 aliphatic rings. The molecular formula is C10H11NO3. The van der Waals surface area contributed by atoms with Crippen molar-refractivity contribution in [3.63, 3.8) is 0 Å². The van der Waals surface area contributed by atoms with Gasteiger partial charge < -0.3 is 19.6 Å². The van der Waals surface area contributed by atoms with Crippen molar-refractivity contribution < 1.29 is 14.3 Å². The quantitative estimate of drug-likeness (QED) is 0.729. The number of hydrogen-bond acceptors (Lipinski definition) is 4. The molecule has 74 valence electrons. The van der Waals surface area contributed by atoms with E-state index in [4.69, 9.17) is 9.47 Å². The zero-order chi connectivity index (χ0) is 9.80. The molecule has 1 aliphatic heterocycles. The van der Waals surface area contributed by atoms with Gasteiger partial charge in [-0.05, 0) is 12.1 Å². The molecular weight excluding hydrogens is 182 g/mol. The maximum atomic E-state index is 10.1. The molecule has 0 saturated heterocycles. The molecule has 1 aromatic carbocycles. The summed E-state index contributed by atoms with van der Waals surface area (Å²) < 4.78 is 10.8. The maximum Gasteiger partial charge on any atom is 0.163 e. The summed E-state index contributed by atoms with van der Waals surface area (Å²) in [4.78, 5) is 10.1. The van der Waals surface area contributed by atoms with Crippen LogP contribution in [0.3, 0.4) is 0 Å². The van der Waals surface area contributed by atoms with Crippen molar-refractivity contribution in [1.29, 1.82) is 0 Å². The van der Waals surface area contributed by atoms with E-state index in [1.165, 1.54) is 0 Å². The van der Waals surface area contributed by atoms with E-state index < -0.39 is 0 Å². The second kappa shape index (κ2) is 4.00. The summed E-state index contributed by atoms with van der Waals surface area (Å²) in [6, 6.07) is 5.52. The molecule has 4 nitrogen and oxygen atoms in total. The van der Waals surface area contributed by atoms with Gasteiger partial charge in [0.05, 0.1) is 6.54 Å². The smallest absolute Gasteiger partial charge is 0.163 e. The Bertz CT molecular complexity index is 338. The highest BCUT2D eigenvalue weighted by atomic mass is 16.6. The number of hydrogen-bond donors (Lipinski definition) is 1. The predicted octanol–water partition coefficient (Wildman–Crippen LogP) is 1.07. The van der Waals surface area contributed by atoms with Crippen molar-refractivity contribution in [3.05, 3.63) is 18.2 Å². The highest BCUT2D eigenvalue weighted by Gasteiger charge is 2.10. The molecule has 0 bridgehead atoms. The van der Waals surface area contributed by atoms with Crippen molar-refractivity contribution >= 4 is 12.0 Å². The van der Waals surface area contributed by atoms with E-state index in [-0.39, 0.29) is 0 Å². The van der Waals surface area contributed by atoms with Gasteiger partial charge in [0.15, 0.2) is 11.5 Å². The Morgan fingerprint density at radius 1 is 1.29 bits per heavy atom. The molecule has 0 aliphatic carbocycles. The molecule has 0 radical (unpaired) electrons. The Labute approximate surface area is 81.8 Å². The van der Waals surface area contributed by atoms with Gasteiger partial charge in [-0.3, -0.25) is 0 Å². The van der Waals surface area contributed by atoms with E-state index in [9.17, 15) is 4.79 Å². The molecule has 0 amide bonds. The van der Waals surface area contributed by atoms with Crippen LogP contribution in [0.1, 0.15) is 0 Å². The van der Waals surface area contributed by atoms with Gasteiger partial charge in [0, 0.05) is 11.8 Å². The third-order valence-corrected chi connectivity index (χ3v) is 1.93. The van der Waals surface area contributed by atoms with Crippen molar-refractivity contribution in [2.75, 3.05) is 25.1 Å². The van der Waals surface area contributed by atoms with Gasteiger partial charge in [-0.25, -0.2) is 0 Å². The molecule has 14 heavy (non-hydrogen) atoms. The number of benzene rings is 1. The van der Waals surface area contributed by atoms with E-state index >= 15 is 0 Å². The number of ether oxygens (including phenoxy) is 2. The van der Waals surface area contributed by atoms with Crippen LogP contribution in [-0.4, -0.2) is 26.0 Å². The van der Waals surface area contributed by atoms with Crippen molar-refractivity contribution in [1.82, 2.24) is 0 Å². The Morgan fingerprint density at radius 2 is 2.07 bits per heavy atom.